The predicted octanol–water partition coefficient (Wildman–Crippen LogP) is 3.35. The molecular formula is C13H14O3. The van der Waals surface area contributed by atoms with Crippen LogP contribution in [-0.4, -0.2) is 10.2 Å². The first-order chi connectivity index (χ1) is 7.59. The van der Waals surface area contributed by atoms with Crippen LogP contribution in [0, 0.1) is 0 Å². The Morgan fingerprint density at radius 3 is 2.75 bits per heavy atom. The highest BCUT2D eigenvalue weighted by molar-refractivity contribution is 5.90. The van der Waals surface area contributed by atoms with Gasteiger partial charge in [0, 0.05) is 10.9 Å². The summed E-state index contributed by atoms with van der Waals surface area (Å²) in [6, 6.07) is 1.60. The minimum Gasteiger partial charge on any atom is -0.507 e. The number of aromatic hydroxyl groups is 2. The Morgan fingerprint density at radius 2 is 2.06 bits per heavy atom. The van der Waals surface area contributed by atoms with Crippen LogP contribution in [0.4, 0.5) is 0 Å². The maximum absolute atomic E-state index is 9.98. The Kier molecular flexibility index (Phi) is 2.60. The summed E-state index contributed by atoms with van der Waals surface area (Å²) >= 11 is 0. The molecule has 84 valence electrons. The van der Waals surface area contributed by atoms with Crippen molar-refractivity contribution in [3.8, 4) is 11.5 Å². The van der Waals surface area contributed by atoms with E-state index in [0.717, 1.165) is 5.57 Å². The van der Waals surface area contributed by atoms with Gasteiger partial charge >= 0.3 is 0 Å². The standard InChI is InChI=1S/C13H14O3/c1-8(2)3-4-10-12(14)5-9-6-16-7-11(9)13(10)15/h3,5-7,14-15H,4H2,1-2H3. The molecule has 1 heterocycles. The largest absolute Gasteiger partial charge is 0.507 e. The van der Waals surface area contributed by atoms with Gasteiger partial charge in [0.1, 0.15) is 17.8 Å². The Balaban J connectivity index is 2.55. The number of benzene rings is 1. The minimum atomic E-state index is 0.0984. The van der Waals surface area contributed by atoms with Crippen LogP contribution >= 0.6 is 0 Å². The van der Waals surface area contributed by atoms with Crippen LogP contribution < -0.4 is 0 Å². The van der Waals surface area contributed by atoms with Gasteiger partial charge in [0.2, 0.25) is 0 Å². The van der Waals surface area contributed by atoms with Crippen molar-refractivity contribution in [3.05, 3.63) is 35.8 Å². The number of hydrogen-bond acceptors (Lipinski definition) is 3. The van der Waals surface area contributed by atoms with Crippen molar-refractivity contribution in [1.29, 1.82) is 0 Å². The second-order valence-corrected chi connectivity index (χ2v) is 4.08. The Labute approximate surface area is 93.6 Å². The molecule has 0 amide bonds. The first-order valence-electron chi connectivity index (χ1n) is 5.12. The fraction of sp³-hybridized carbons (Fsp3) is 0.231. The lowest BCUT2D eigenvalue weighted by Gasteiger charge is -2.06. The van der Waals surface area contributed by atoms with Crippen molar-refractivity contribution < 1.29 is 14.6 Å². The molecule has 1 aromatic heterocycles. The van der Waals surface area contributed by atoms with Crippen molar-refractivity contribution >= 4 is 10.8 Å². The third-order valence-corrected chi connectivity index (χ3v) is 2.55. The monoisotopic (exact) mass is 218 g/mol. The molecule has 0 unspecified atom stereocenters. The molecule has 3 nitrogen and oxygen atoms in total. The SMILES string of the molecule is CC(C)=CCc1c(O)cc2cocc2c1O. The van der Waals surface area contributed by atoms with Gasteiger partial charge in [-0.2, -0.15) is 0 Å². The molecule has 2 N–H and O–H groups in total. The van der Waals surface area contributed by atoms with E-state index in [-0.39, 0.29) is 11.5 Å². The quantitative estimate of drug-likeness (QED) is 0.760. The fourth-order valence-electron chi connectivity index (χ4n) is 1.64. The van der Waals surface area contributed by atoms with Crippen LogP contribution in [-0.2, 0) is 6.42 Å². The molecule has 0 fully saturated rings. The first kappa shape index (κ1) is 10.6. The molecule has 0 radical (unpaired) electrons. The summed E-state index contributed by atoms with van der Waals surface area (Å²) < 4.78 is 4.99. The normalized spacial score (nSPS) is 10.6. The van der Waals surface area contributed by atoms with Gasteiger partial charge in [-0.3, -0.25) is 0 Å². The third-order valence-electron chi connectivity index (χ3n) is 2.55. The van der Waals surface area contributed by atoms with Crippen LogP contribution in [0.25, 0.3) is 10.8 Å². The van der Waals surface area contributed by atoms with Crippen LogP contribution in [0.2, 0.25) is 0 Å². The van der Waals surface area contributed by atoms with Gasteiger partial charge in [0.05, 0.1) is 11.6 Å². The summed E-state index contributed by atoms with van der Waals surface area (Å²) in [5.41, 5.74) is 1.68. The third kappa shape index (κ3) is 1.76. The maximum atomic E-state index is 9.98. The van der Waals surface area contributed by atoms with E-state index in [9.17, 15) is 10.2 Å². The van der Waals surface area contributed by atoms with Gasteiger partial charge in [-0.25, -0.2) is 0 Å². The molecule has 1 aromatic carbocycles. The summed E-state index contributed by atoms with van der Waals surface area (Å²) in [4.78, 5) is 0. The van der Waals surface area contributed by atoms with Crippen molar-refractivity contribution in [1.82, 2.24) is 0 Å². The number of phenolic OH excluding ortho intramolecular Hbond substituents is 2. The molecule has 2 rings (SSSR count). The van der Waals surface area contributed by atoms with Crippen molar-refractivity contribution in [2.45, 2.75) is 20.3 Å². The highest BCUT2D eigenvalue weighted by Gasteiger charge is 2.12. The second-order valence-electron chi connectivity index (χ2n) is 4.08. The van der Waals surface area contributed by atoms with Gasteiger partial charge in [-0.15, -0.1) is 0 Å². The summed E-state index contributed by atoms with van der Waals surface area (Å²) in [7, 11) is 0. The molecule has 0 saturated carbocycles. The number of hydrogen-bond donors (Lipinski definition) is 2. The average molecular weight is 218 g/mol. The highest BCUT2D eigenvalue weighted by Crippen LogP contribution is 2.36. The summed E-state index contributed by atoms with van der Waals surface area (Å²) in [6.45, 7) is 3.95. The molecule has 0 spiro atoms. The van der Waals surface area contributed by atoms with Crippen LogP contribution in [0.15, 0.2) is 34.7 Å². The fourth-order valence-corrected chi connectivity index (χ4v) is 1.64. The van der Waals surface area contributed by atoms with Crippen molar-refractivity contribution in [2.75, 3.05) is 0 Å². The molecule has 2 aromatic rings. The predicted molar refractivity (Wildman–Crippen MR) is 62.7 cm³/mol. The summed E-state index contributed by atoms with van der Waals surface area (Å²) in [6.07, 6.45) is 5.46. The van der Waals surface area contributed by atoms with Gasteiger partial charge < -0.3 is 14.6 Å². The van der Waals surface area contributed by atoms with Crippen molar-refractivity contribution in [3.63, 3.8) is 0 Å². The van der Waals surface area contributed by atoms with E-state index in [1.54, 1.807) is 6.07 Å². The molecule has 0 bridgehead atoms. The van der Waals surface area contributed by atoms with Crippen molar-refractivity contribution in [2.24, 2.45) is 0 Å². The number of phenols is 2. The topological polar surface area (TPSA) is 53.6 Å². The van der Waals surface area contributed by atoms with Crippen LogP contribution in [0.1, 0.15) is 19.4 Å². The number of rotatable bonds is 2. The lowest BCUT2D eigenvalue weighted by Crippen LogP contribution is -1.85. The maximum Gasteiger partial charge on any atom is 0.133 e. The van der Waals surface area contributed by atoms with Gasteiger partial charge in [-0.05, 0) is 26.3 Å². The smallest absolute Gasteiger partial charge is 0.133 e. The first-order valence-corrected chi connectivity index (χ1v) is 5.12. The zero-order valence-corrected chi connectivity index (χ0v) is 9.32. The van der Waals surface area contributed by atoms with E-state index < -0.39 is 0 Å². The van der Waals surface area contributed by atoms with Crippen LogP contribution in [0.5, 0.6) is 11.5 Å². The highest BCUT2D eigenvalue weighted by atomic mass is 16.3. The Morgan fingerprint density at radius 1 is 1.31 bits per heavy atom. The Bertz CT molecular complexity index is 546. The minimum absolute atomic E-state index is 0.0984. The molecule has 16 heavy (non-hydrogen) atoms. The van der Waals surface area contributed by atoms with Gasteiger partial charge in [-0.1, -0.05) is 11.6 Å². The summed E-state index contributed by atoms with van der Waals surface area (Å²) in [5, 5.41) is 21.1. The zero-order valence-electron chi connectivity index (χ0n) is 9.32. The van der Waals surface area contributed by atoms with E-state index in [4.69, 9.17) is 4.42 Å². The van der Waals surface area contributed by atoms with Gasteiger partial charge in [0.15, 0.2) is 0 Å². The number of allylic oxidation sites excluding steroid dienone is 2. The molecular weight excluding hydrogens is 204 g/mol. The van der Waals surface area contributed by atoms with E-state index in [0.29, 0.717) is 22.8 Å². The zero-order chi connectivity index (χ0) is 11.7. The van der Waals surface area contributed by atoms with Gasteiger partial charge in [0.25, 0.3) is 0 Å². The Hall–Kier alpha value is -1.90. The van der Waals surface area contributed by atoms with Crippen LogP contribution in [0.3, 0.4) is 0 Å². The molecule has 0 aliphatic heterocycles. The lowest BCUT2D eigenvalue weighted by atomic mass is 10.0. The van der Waals surface area contributed by atoms with E-state index >= 15 is 0 Å². The lowest BCUT2D eigenvalue weighted by molar-refractivity contribution is 0.445. The summed E-state index contributed by atoms with van der Waals surface area (Å²) in [5.74, 6) is 0.199. The molecule has 0 aliphatic carbocycles. The average Bonchev–Trinajstić information content (AvgIpc) is 2.64. The van der Waals surface area contributed by atoms with E-state index in [1.807, 2.05) is 19.9 Å². The van der Waals surface area contributed by atoms with E-state index in [2.05, 4.69) is 0 Å². The number of furan rings is 1. The molecule has 0 saturated heterocycles. The number of fused-ring (bicyclic) bond motifs is 1. The molecule has 0 atom stereocenters. The molecule has 3 heteroatoms. The second kappa shape index (κ2) is 3.93. The van der Waals surface area contributed by atoms with E-state index in [1.165, 1.54) is 12.5 Å². The molecule has 0 aliphatic rings.